The van der Waals surface area contributed by atoms with Gasteiger partial charge in [-0.3, -0.25) is 4.79 Å². The SMILES string of the molecule is C=NC(=O)/C(F)=C\NCc1cc(F)c(F)c(F)c1.CC. The molecule has 1 aromatic rings. The molecule has 0 bridgehead atoms. The summed E-state index contributed by atoms with van der Waals surface area (Å²) in [4.78, 5) is 13.4. The number of amides is 1. The molecule has 0 aliphatic heterocycles. The van der Waals surface area contributed by atoms with Crippen molar-refractivity contribution in [3.05, 3.63) is 47.2 Å². The Morgan fingerprint density at radius 2 is 1.80 bits per heavy atom. The lowest BCUT2D eigenvalue weighted by Gasteiger charge is -2.03. The van der Waals surface area contributed by atoms with Gasteiger partial charge in [0.15, 0.2) is 17.5 Å². The Bertz CT molecular complexity index is 492. The van der Waals surface area contributed by atoms with Crippen LogP contribution < -0.4 is 5.32 Å². The lowest BCUT2D eigenvalue weighted by Crippen LogP contribution is -2.08. The van der Waals surface area contributed by atoms with E-state index in [0.29, 0.717) is 6.20 Å². The molecule has 0 saturated heterocycles. The van der Waals surface area contributed by atoms with E-state index in [9.17, 15) is 22.4 Å². The zero-order valence-electron chi connectivity index (χ0n) is 11.0. The summed E-state index contributed by atoms with van der Waals surface area (Å²) in [6.07, 6.45) is 0.677. The fourth-order valence-electron chi connectivity index (χ4n) is 1.11. The Kier molecular flexibility index (Phi) is 7.88. The fraction of sp³-hybridized carbons (Fsp3) is 0.231. The molecule has 7 heteroatoms. The average molecular weight is 290 g/mol. The number of nitrogens with zero attached hydrogens (tertiary/aromatic N) is 1. The molecular weight excluding hydrogens is 276 g/mol. The lowest BCUT2D eigenvalue weighted by atomic mass is 10.2. The minimum Gasteiger partial charge on any atom is -0.384 e. The smallest absolute Gasteiger partial charge is 0.306 e. The number of carbonyl (C=O) groups is 1. The van der Waals surface area contributed by atoms with Crippen molar-refractivity contribution in [2.45, 2.75) is 20.4 Å². The van der Waals surface area contributed by atoms with Crippen LogP contribution in [-0.2, 0) is 11.3 Å². The highest BCUT2D eigenvalue weighted by atomic mass is 19.2. The van der Waals surface area contributed by atoms with Crippen LogP contribution in [0.1, 0.15) is 19.4 Å². The number of carbonyl (C=O) groups excluding carboxylic acids is 1. The molecule has 0 radical (unpaired) electrons. The van der Waals surface area contributed by atoms with Crippen LogP contribution in [0.5, 0.6) is 0 Å². The van der Waals surface area contributed by atoms with E-state index in [1.54, 1.807) is 0 Å². The Labute approximate surface area is 114 Å². The number of nitrogens with one attached hydrogen (secondary N) is 1. The molecule has 0 saturated carbocycles. The first-order chi connectivity index (χ1) is 9.45. The van der Waals surface area contributed by atoms with E-state index in [4.69, 9.17) is 0 Å². The van der Waals surface area contributed by atoms with Gasteiger partial charge in [0.1, 0.15) is 0 Å². The molecule has 0 spiro atoms. The number of aliphatic imine (C=N–C) groups is 1. The summed E-state index contributed by atoms with van der Waals surface area (Å²) in [5.41, 5.74) is 0.0504. The molecule has 1 rings (SSSR count). The van der Waals surface area contributed by atoms with Crippen molar-refractivity contribution in [2.24, 2.45) is 4.99 Å². The molecule has 1 N–H and O–H groups in total. The third kappa shape index (κ3) is 5.21. The van der Waals surface area contributed by atoms with Gasteiger partial charge in [0.2, 0.25) is 5.83 Å². The first-order valence-electron chi connectivity index (χ1n) is 5.69. The zero-order valence-corrected chi connectivity index (χ0v) is 11.0. The molecule has 0 atom stereocenters. The molecule has 1 amide bonds. The number of hydrogen-bond acceptors (Lipinski definition) is 2. The van der Waals surface area contributed by atoms with Crippen LogP contribution in [0, 0.1) is 17.5 Å². The van der Waals surface area contributed by atoms with Crippen LogP contribution in [0.25, 0.3) is 0 Å². The number of hydrogen-bond donors (Lipinski definition) is 1. The van der Waals surface area contributed by atoms with Crippen molar-refractivity contribution < 1.29 is 22.4 Å². The van der Waals surface area contributed by atoms with Crippen molar-refractivity contribution >= 4 is 12.6 Å². The molecule has 0 aliphatic carbocycles. The van der Waals surface area contributed by atoms with Gasteiger partial charge in [-0.2, -0.15) is 4.39 Å². The van der Waals surface area contributed by atoms with Crippen LogP contribution in [0.4, 0.5) is 17.6 Å². The average Bonchev–Trinajstić information content (AvgIpc) is 2.45. The normalized spacial score (nSPS) is 10.4. The maximum absolute atomic E-state index is 12.8. The van der Waals surface area contributed by atoms with Gasteiger partial charge in [0.25, 0.3) is 0 Å². The largest absolute Gasteiger partial charge is 0.384 e. The van der Waals surface area contributed by atoms with Crippen molar-refractivity contribution in [3.63, 3.8) is 0 Å². The van der Waals surface area contributed by atoms with Gasteiger partial charge in [0.05, 0.1) is 0 Å². The van der Waals surface area contributed by atoms with E-state index in [0.717, 1.165) is 12.1 Å². The fourth-order valence-corrected chi connectivity index (χ4v) is 1.11. The van der Waals surface area contributed by atoms with Crippen molar-refractivity contribution in [2.75, 3.05) is 0 Å². The summed E-state index contributed by atoms with van der Waals surface area (Å²) in [7, 11) is 0. The maximum Gasteiger partial charge on any atom is 0.306 e. The van der Waals surface area contributed by atoms with E-state index < -0.39 is 29.2 Å². The van der Waals surface area contributed by atoms with Gasteiger partial charge in [-0.05, 0) is 24.4 Å². The number of benzene rings is 1. The molecule has 110 valence electrons. The second-order valence-corrected chi connectivity index (χ2v) is 3.21. The number of rotatable bonds is 4. The van der Waals surface area contributed by atoms with Gasteiger partial charge >= 0.3 is 5.91 Å². The predicted molar refractivity (Wildman–Crippen MR) is 68.3 cm³/mol. The molecule has 1 aromatic carbocycles. The predicted octanol–water partition coefficient (Wildman–Crippen LogP) is 3.26. The van der Waals surface area contributed by atoms with Crippen LogP contribution in [-0.4, -0.2) is 12.6 Å². The van der Waals surface area contributed by atoms with Crippen LogP contribution in [0.3, 0.4) is 0 Å². The highest BCUT2D eigenvalue weighted by molar-refractivity contribution is 5.94. The molecule has 0 heterocycles. The highest BCUT2D eigenvalue weighted by Crippen LogP contribution is 2.13. The number of halogens is 4. The van der Waals surface area contributed by atoms with Gasteiger partial charge in [-0.15, -0.1) is 0 Å². The van der Waals surface area contributed by atoms with E-state index in [2.05, 4.69) is 17.0 Å². The lowest BCUT2D eigenvalue weighted by molar-refractivity contribution is -0.115. The topological polar surface area (TPSA) is 41.5 Å². The summed E-state index contributed by atoms with van der Waals surface area (Å²) in [6.45, 7) is 6.64. The molecular formula is C13H14F4N2O. The molecule has 3 nitrogen and oxygen atoms in total. The first kappa shape index (κ1) is 17.8. The van der Waals surface area contributed by atoms with E-state index in [1.165, 1.54) is 0 Å². The standard InChI is InChI=1S/C11H8F4N2O.C2H6/c1-16-11(18)9(14)5-17-4-6-2-7(12)10(15)8(13)3-6;1-2/h2-3,5,17H,1,4H2;1-2H3/b9-5+;. The summed E-state index contributed by atoms with van der Waals surface area (Å²) in [6, 6.07) is 1.51. The minimum atomic E-state index is -1.58. The van der Waals surface area contributed by atoms with E-state index >= 15 is 0 Å². The Balaban J connectivity index is 0.00000172. The van der Waals surface area contributed by atoms with Crippen LogP contribution in [0.2, 0.25) is 0 Å². The third-order valence-corrected chi connectivity index (χ3v) is 1.93. The van der Waals surface area contributed by atoms with Crippen LogP contribution in [0.15, 0.2) is 29.2 Å². The highest BCUT2D eigenvalue weighted by Gasteiger charge is 2.10. The zero-order chi connectivity index (χ0) is 15.7. The maximum atomic E-state index is 12.8. The Hall–Kier alpha value is -2.18. The van der Waals surface area contributed by atoms with Gasteiger partial charge < -0.3 is 5.32 Å². The molecule has 0 aromatic heterocycles. The second-order valence-electron chi connectivity index (χ2n) is 3.21. The van der Waals surface area contributed by atoms with E-state index in [1.807, 2.05) is 13.8 Å². The monoisotopic (exact) mass is 290 g/mol. The molecule has 0 unspecified atom stereocenters. The minimum absolute atomic E-state index is 0.0504. The molecule has 0 fully saturated rings. The van der Waals surface area contributed by atoms with Gasteiger partial charge in [-0.1, -0.05) is 13.8 Å². The van der Waals surface area contributed by atoms with E-state index in [-0.39, 0.29) is 12.1 Å². The quantitative estimate of drug-likeness (QED) is 0.400. The van der Waals surface area contributed by atoms with Crippen molar-refractivity contribution in [3.8, 4) is 0 Å². The summed E-state index contributed by atoms with van der Waals surface area (Å²) >= 11 is 0. The molecule has 0 aliphatic rings. The summed E-state index contributed by atoms with van der Waals surface area (Å²) in [5, 5.41) is 2.29. The third-order valence-electron chi connectivity index (χ3n) is 1.93. The van der Waals surface area contributed by atoms with Gasteiger partial charge in [-0.25, -0.2) is 18.2 Å². The summed E-state index contributed by atoms with van der Waals surface area (Å²) in [5.74, 6) is -6.64. The Morgan fingerprint density at radius 1 is 1.30 bits per heavy atom. The van der Waals surface area contributed by atoms with Crippen molar-refractivity contribution in [1.82, 2.24) is 5.32 Å². The first-order valence-corrected chi connectivity index (χ1v) is 5.69. The van der Waals surface area contributed by atoms with Gasteiger partial charge in [0, 0.05) is 12.7 Å². The summed E-state index contributed by atoms with van der Waals surface area (Å²) < 4.78 is 51.0. The molecule has 20 heavy (non-hydrogen) atoms. The van der Waals surface area contributed by atoms with Crippen LogP contribution >= 0.6 is 0 Å². The Morgan fingerprint density at radius 3 is 2.25 bits per heavy atom. The van der Waals surface area contributed by atoms with Crippen molar-refractivity contribution in [1.29, 1.82) is 0 Å². The second kappa shape index (κ2) is 8.84.